The van der Waals surface area contributed by atoms with Crippen molar-refractivity contribution >= 4 is 12.6 Å². The van der Waals surface area contributed by atoms with Gasteiger partial charge in [-0.25, -0.2) is 0 Å². The summed E-state index contributed by atoms with van der Waals surface area (Å²) in [4.78, 5) is 19.0. The first-order valence-electron chi connectivity index (χ1n) is 2.29. The predicted molar refractivity (Wildman–Crippen MR) is 29.8 cm³/mol. The second-order valence-electron chi connectivity index (χ2n) is 1.20. The molecule has 0 rings (SSSR count). The Morgan fingerprint density at radius 2 is 2.12 bits per heavy atom. The highest BCUT2D eigenvalue weighted by molar-refractivity contribution is 5.65. The average molecular weight is 110 g/mol. The van der Waals surface area contributed by atoms with E-state index in [0.29, 0.717) is 12.8 Å². The second kappa shape index (κ2) is 6.08. The van der Waals surface area contributed by atoms with Crippen molar-refractivity contribution in [2.45, 2.75) is 12.8 Å². The number of hydrogen-bond acceptors (Lipinski definition) is 2. The van der Waals surface area contributed by atoms with E-state index in [2.05, 4.69) is 0 Å². The summed E-state index contributed by atoms with van der Waals surface area (Å²) in [6.45, 7) is 0. The molecule has 0 saturated heterocycles. The first kappa shape index (κ1) is 7.08. The molecule has 0 saturated carbocycles. The van der Waals surface area contributed by atoms with Crippen LogP contribution in [0, 0.1) is 0 Å². The van der Waals surface area contributed by atoms with E-state index in [1.54, 1.807) is 18.6 Å². The van der Waals surface area contributed by atoms with E-state index in [9.17, 15) is 9.59 Å². The average Bonchev–Trinajstić information content (AvgIpc) is 1.81. The second-order valence-corrected chi connectivity index (χ2v) is 1.20. The quantitative estimate of drug-likeness (QED) is 0.391. The monoisotopic (exact) mass is 110 g/mol. The molecule has 0 atom stereocenters. The molecule has 0 aliphatic heterocycles. The van der Waals surface area contributed by atoms with Crippen LogP contribution in [0.3, 0.4) is 0 Å². The highest BCUT2D eigenvalue weighted by Crippen LogP contribution is 1.83. The van der Waals surface area contributed by atoms with E-state index in [0.717, 1.165) is 0 Å². The van der Waals surface area contributed by atoms with Crippen molar-refractivity contribution < 1.29 is 9.59 Å². The van der Waals surface area contributed by atoms with Gasteiger partial charge in [-0.3, -0.25) is 9.59 Å². The van der Waals surface area contributed by atoms with E-state index in [1.165, 1.54) is 6.08 Å². The Balaban J connectivity index is 3.02. The van der Waals surface area contributed by atoms with Crippen LogP contribution in [0.4, 0.5) is 0 Å². The van der Waals surface area contributed by atoms with Crippen molar-refractivity contribution in [3.05, 3.63) is 12.2 Å². The molecule has 2 heteroatoms. The number of unbranched alkanes of at least 4 members (excludes halogenated alkanes) is 1. The van der Waals surface area contributed by atoms with E-state index in [1.807, 2.05) is 0 Å². The molecule has 0 amide bonds. The fourth-order valence-electron chi connectivity index (χ4n) is 0.274. The Kier molecular flexibility index (Phi) is 5.38. The molecule has 42 valence electrons. The third-order valence-corrected chi connectivity index (χ3v) is 0.599. The van der Waals surface area contributed by atoms with Crippen LogP contribution in [0.15, 0.2) is 12.2 Å². The predicted octanol–water partition coefficient (Wildman–Crippen LogP) is 0.542. The molecule has 2 nitrogen and oxygen atoms in total. The molecule has 0 aliphatic carbocycles. The van der Waals surface area contributed by atoms with Gasteiger partial charge in [-0.05, 0) is 12.5 Å². The van der Waals surface area contributed by atoms with E-state index >= 15 is 0 Å². The van der Waals surface area contributed by atoms with Crippen LogP contribution in [0.5, 0.6) is 0 Å². The Morgan fingerprint density at radius 1 is 1.38 bits per heavy atom. The molecule has 0 unspecified atom stereocenters. The van der Waals surface area contributed by atoms with Crippen molar-refractivity contribution in [3.8, 4) is 0 Å². The SMILES string of the molecule is O=[C]C=CCC[C]=O. The summed E-state index contributed by atoms with van der Waals surface area (Å²) in [5.41, 5.74) is 0. The third-order valence-electron chi connectivity index (χ3n) is 0.599. The van der Waals surface area contributed by atoms with Crippen LogP contribution in [0.25, 0.3) is 0 Å². The fraction of sp³-hybridized carbons (Fsp3) is 0.333. The maximum atomic E-state index is 9.51. The summed E-state index contributed by atoms with van der Waals surface area (Å²) in [6, 6.07) is 0. The molecule has 0 N–H and O–H groups in total. The minimum absolute atomic E-state index is 0.359. The van der Waals surface area contributed by atoms with Crippen molar-refractivity contribution in [3.63, 3.8) is 0 Å². The lowest BCUT2D eigenvalue weighted by Crippen LogP contribution is -1.69. The van der Waals surface area contributed by atoms with Gasteiger partial charge in [0.2, 0.25) is 6.29 Å². The Hall–Kier alpha value is -0.920. The van der Waals surface area contributed by atoms with Crippen LogP contribution in [-0.2, 0) is 9.59 Å². The standard InChI is InChI=1S/C6H6O2/c7-5-3-1-2-4-6-8/h1,3H,2,4H2. The van der Waals surface area contributed by atoms with E-state index in [-0.39, 0.29) is 0 Å². The van der Waals surface area contributed by atoms with E-state index in [4.69, 9.17) is 0 Å². The Bertz CT molecular complexity index is 94.7. The third kappa shape index (κ3) is 5.08. The first-order valence-corrected chi connectivity index (χ1v) is 2.29. The summed E-state index contributed by atoms with van der Waals surface area (Å²) in [7, 11) is 0. The van der Waals surface area contributed by atoms with Gasteiger partial charge in [0.15, 0.2) is 6.29 Å². The molecular weight excluding hydrogens is 104 g/mol. The van der Waals surface area contributed by atoms with Gasteiger partial charge in [0.05, 0.1) is 0 Å². The van der Waals surface area contributed by atoms with E-state index < -0.39 is 0 Å². The van der Waals surface area contributed by atoms with Gasteiger partial charge in [0.1, 0.15) is 0 Å². The zero-order valence-electron chi connectivity index (χ0n) is 4.39. The zero-order valence-corrected chi connectivity index (χ0v) is 4.39. The van der Waals surface area contributed by atoms with Gasteiger partial charge in [0.25, 0.3) is 0 Å². The summed E-state index contributed by atoms with van der Waals surface area (Å²) in [6.07, 6.45) is 7.03. The van der Waals surface area contributed by atoms with Gasteiger partial charge in [0, 0.05) is 6.42 Å². The molecule has 8 heavy (non-hydrogen) atoms. The normalized spacial score (nSPS) is 9.50. The van der Waals surface area contributed by atoms with Crippen molar-refractivity contribution in [1.82, 2.24) is 0 Å². The van der Waals surface area contributed by atoms with Crippen molar-refractivity contribution in [2.24, 2.45) is 0 Å². The summed E-state index contributed by atoms with van der Waals surface area (Å²) < 4.78 is 0. The first-order chi connectivity index (χ1) is 3.91. The minimum Gasteiger partial charge on any atom is -0.291 e. The largest absolute Gasteiger partial charge is 0.291 e. The minimum atomic E-state index is 0.359. The number of allylic oxidation sites excluding steroid dienone is 2. The maximum Gasteiger partial charge on any atom is 0.225 e. The molecule has 2 radical (unpaired) electrons. The van der Waals surface area contributed by atoms with Crippen LogP contribution in [-0.4, -0.2) is 12.6 Å². The maximum absolute atomic E-state index is 9.51. The molecule has 0 spiro atoms. The molecular formula is C6H6O2. The topological polar surface area (TPSA) is 34.1 Å². The Labute approximate surface area is 48.2 Å². The molecule has 0 aromatic heterocycles. The lowest BCUT2D eigenvalue weighted by Gasteiger charge is -1.74. The van der Waals surface area contributed by atoms with Gasteiger partial charge in [-0.1, -0.05) is 6.08 Å². The summed E-state index contributed by atoms with van der Waals surface area (Å²) >= 11 is 0. The molecule has 0 heterocycles. The molecule has 0 aromatic rings. The van der Waals surface area contributed by atoms with Gasteiger partial charge in [-0.2, -0.15) is 0 Å². The summed E-state index contributed by atoms with van der Waals surface area (Å²) in [5.74, 6) is 0. The molecule has 0 aliphatic rings. The van der Waals surface area contributed by atoms with Gasteiger partial charge in [-0.15, -0.1) is 0 Å². The summed E-state index contributed by atoms with van der Waals surface area (Å²) in [5, 5.41) is 0. The Morgan fingerprint density at radius 3 is 2.62 bits per heavy atom. The molecule has 0 bridgehead atoms. The van der Waals surface area contributed by atoms with Crippen LogP contribution < -0.4 is 0 Å². The lowest BCUT2D eigenvalue weighted by molar-refractivity contribution is 0.551. The van der Waals surface area contributed by atoms with Gasteiger partial charge < -0.3 is 0 Å². The lowest BCUT2D eigenvalue weighted by atomic mass is 10.3. The highest BCUT2D eigenvalue weighted by Gasteiger charge is 1.76. The zero-order chi connectivity index (χ0) is 6.24. The molecule has 0 fully saturated rings. The smallest absolute Gasteiger partial charge is 0.225 e. The van der Waals surface area contributed by atoms with Gasteiger partial charge >= 0.3 is 0 Å². The molecule has 0 aromatic carbocycles. The van der Waals surface area contributed by atoms with Crippen molar-refractivity contribution in [1.29, 1.82) is 0 Å². The number of rotatable bonds is 4. The van der Waals surface area contributed by atoms with Crippen molar-refractivity contribution in [2.75, 3.05) is 0 Å². The highest BCUT2D eigenvalue weighted by atomic mass is 16.1. The van der Waals surface area contributed by atoms with Crippen LogP contribution >= 0.6 is 0 Å². The number of carbonyl (C=O) groups excluding carboxylic acids is 2. The van der Waals surface area contributed by atoms with Crippen LogP contribution in [0.2, 0.25) is 0 Å². The fourth-order valence-corrected chi connectivity index (χ4v) is 0.274. The van der Waals surface area contributed by atoms with Crippen LogP contribution in [0.1, 0.15) is 12.8 Å². The number of hydrogen-bond donors (Lipinski definition) is 0.